The van der Waals surface area contributed by atoms with Gasteiger partial charge in [-0.1, -0.05) is 17.7 Å². The molecule has 0 spiro atoms. The lowest BCUT2D eigenvalue weighted by molar-refractivity contribution is 0.0999. The van der Waals surface area contributed by atoms with E-state index in [0.717, 1.165) is 0 Å². The van der Waals surface area contributed by atoms with Crippen molar-refractivity contribution in [1.29, 1.82) is 0 Å². The van der Waals surface area contributed by atoms with Crippen molar-refractivity contribution in [2.75, 3.05) is 0 Å². The molecule has 0 aromatic heterocycles. The van der Waals surface area contributed by atoms with Crippen LogP contribution in [0.3, 0.4) is 0 Å². The van der Waals surface area contributed by atoms with Gasteiger partial charge in [-0.25, -0.2) is 0 Å². The average Bonchev–Trinajstić information content (AvgIpc) is 2.42. The number of amides is 1. The van der Waals surface area contributed by atoms with Crippen molar-refractivity contribution in [2.24, 2.45) is 5.73 Å². The molecule has 0 aliphatic carbocycles. The van der Waals surface area contributed by atoms with Gasteiger partial charge in [0.05, 0.1) is 0 Å². The highest BCUT2D eigenvalue weighted by molar-refractivity contribution is 7.87. The lowest BCUT2D eigenvalue weighted by Crippen LogP contribution is -2.15. The maximum absolute atomic E-state index is 12.3. The molecule has 0 bridgehead atoms. The van der Waals surface area contributed by atoms with E-state index in [0.29, 0.717) is 16.1 Å². The quantitative estimate of drug-likeness (QED) is 0.868. The number of primary amides is 1. The minimum atomic E-state index is -4.07. The number of nitrogens with two attached hydrogens (primary N) is 1. The maximum atomic E-state index is 12.3. The molecule has 2 rings (SSSR count). The third kappa shape index (κ3) is 3.40. The summed E-state index contributed by atoms with van der Waals surface area (Å²) in [6.45, 7) is 3.40. The van der Waals surface area contributed by atoms with Gasteiger partial charge in [-0.15, -0.1) is 0 Å². The number of hydrogen-bond donors (Lipinski definition) is 1. The van der Waals surface area contributed by atoms with Gasteiger partial charge in [-0.2, -0.15) is 8.42 Å². The van der Waals surface area contributed by atoms with Crippen LogP contribution < -0.4 is 9.92 Å². The van der Waals surface area contributed by atoms with Crippen LogP contribution in [0.1, 0.15) is 21.5 Å². The standard InChI is InChI=1S/C15H14ClNO4S/c1-9-3-5-12(8-13(9)15(17)18)22(19,20)21-11-4-6-14(16)10(2)7-11/h3-8H,1-2H3,(H2,17,18). The summed E-state index contributed by atoms with van der Waals surface area (Å²) in [5.74, 6) is -0.556. The molecule has 116 valence electrons. The molecule has 22 heavy (non-hydrogen) atoms. The molecule has 1 amide bonds. The first-order chi connectivity index (χ1) is 10.2. The number of halogens is 1. The second kappa shape index (κ2) is 5.98. The van der Waals surface area contributed by atoms with E-state index in [1.165, 1.54) is 30.3 Å². The average molecular weight is 340 g/mol. The van der Waals surface area contributed by atoms with Gasteiger partial charge in [-0.05, 0) is 55.3 Å². The lowest BCUT2D eigenvalue weighted by Gasteiger charge is -2.10. The Morgan fingerprint density at radius 3 is 2.36 bits per heavy atom. The van der Waals surface area contributed by atoms with E-state index >= 15 is 0 Å². The zero-order valence-electron chi connectivity index (χ0n) is 12.0. The van der Waals surface area contributed by atoms with Crippen molar-refractivity contribution in [3.05, 3.63) is 58.1 Å². The van der Waals surface area contributed by atoms with Crippen molar-refractivity contribution in [3.63, 3.8) is 0 Å². The molecule has 5 nitrogen and oxygen atoms in total. The monoisotopic (exact) mass is 339 g/mol. The fourth-order valence-corrected chi connectivity index (χ4v) is 2.93. The molecule has 0 aliphatic heterocycles. The predicted molar refractivity (Wildman–Crippen MR) is 83.7 cm³/mol. The molecule has 0 saturated carbocycles. The Morgan fingerprint density at radius 1 is 1.09 bits per heavy atom. The number of hydrogen-bond acceptors (Lipinski definition) is 4. The highest BCUT2D eigenvalue weighted by Gasteiger charge is 2.19. The Hall–Kier alpha value is -2.05. The molecular weight excluding hydrogens is 326 g/mol. The molecule has 2 N–H and O–H groups in total. The van der Waals surface area contributed by atoms with Crippen LogP contribution in [0.2, 0.25) is 5.02 Å². The molecule has 0 fully saturated rings. The third-order valence-corrected chi connectivity index (χ3v) is 4.77. The summed E-state index contributed by atoms with van der Waals surface area (Å²) in [5, 5.41) is 0.510. The van der Waals surface area contributed by atoms with Crippen LogP contribution in [-0.4, -0.2) is 14.3 Å². The third-order valence-electron chi connectivity index (χ3n) is 3.10. The minimum Gasteiger partial charge on any atom is -0.379 e. The lowest BCUT2D eigenvalue weighted by atomic mass is 10.1. The molecule has 0 saturated heterocycles. The molecule has 0 heterocycles. The van der Waals surface area contributed by atoms with E-state index in [9.17, 15) is 13.2 Å². The summed E-state index contributed by atoms with van der Waals surface area (Å²) in [6, 6.07) is 8.59. The van der Waals surface area contributed by atoms with Crippen LogP contribution in [0.25, 0.3) is 0 Å². The molecule has 7 heteroatoms. The van der Waals surface area contributed by atoms with E-state index in [1.54, 1.807) is 19.9 Å². The second-order valence-electron chi connectivity index (χ2n) is 4.79. The number of carbonyl (C=O) groups excluding carboxylic acids is 1. The fraction of sp³-hybridized carbons (Fsp3) is 0.133. The van der Waals surface area contributed by atoms with E-state index in [4.69, 9.17) is 21.5 Å². The van der Waals surface area contributed by atoms with Gasteiger partial charge in [0, 0.05) is 10.6 Å². The Bertz CT molecular complexity index is 847. The first-order valence-corrected chi connectivity index (χ1v) is 8.10. The summed E-state index contributed by atoms with van der Waals surface area (Å²) in [7, 11) is -4.07. The van der Waals surface area contributed by atoms with Crippen molar-refractivity contribution >= 4 is 27.6 Å². The summed E-state index contributed by atoms with van der Waals surface area (Å²) in [6.07, 6.45) is 0. The Kier molecular flexibility index (Phi) is 4.44. The topological polar surface area (TPSA) is 86.5 Å². The van der Waals surface area contributed by atoms with Crippen molar-refractivity contribution in [1.82, 2.24) is 0 Å². The summed E-state index contributed by atoms with van der Waals surface area (Å²) < 4.78 is 29.6. The zero-order valence-corrected chi connectivity index (χ0v) is 13.5. The van der Waals surface area contributed by atoms with Crippen molar-refractivity contribution in [3.8, 4) is 5.75 Å². The summed E-state index contributed by atoms with van der Waals surface area (Å²) >= 11 is 5.89. The first kappa shape index (κ1) is 16.3. The number of aryl methyl sites for hydroxylation is 2. The molecule has 2 aromatic rings. The Balaban J connectivity index is 2.40. The first-order valence-electron chi connectivity index (χ1n) is 6.32. The SMILES string of the molecule is Cc1cc(OS(=O)(=O)c2ccc(C)c(C(N)=O)c2)ccc1Cl. The maximum Gasteiger partial charge on any atom is 0.339 e. The number of benzene rings is 2. The van der Waals surface area contributed by atoms with E-state index < -0.39 is 16.0 Å². The van der Waals surface area contributed by atoms with Gasteiger partial charge in [0.2, 0.25) is 5.91 Å². The molecule has 2 aromatic carbocycles. The van der Waals surface area contributed by atoms with Crippen LogP contribution in [0.15, 0.2) is 41.3 Å². The second-order valence-corrected chi connectivity index (χ2v) is 6.74. The zero-order chi connectivity index (χ0) is 16.5. The number of carbonyl (C=O) groups is 1. The molecule has 0 unspecified atom stereocenters. The van der Waals surface area contributed by atoms with E-state index in [-0.39, 0.29) is 16.2 Å². The van der Waals surface area contributed by atoms with Gasteiger partial charge >= 0.3 is 10.1 Å². The molecular formula is C15H14ClNO4S. The van der Waals surface area contributed by atoms with E-state index in [2.05, 4.69) is 0 Å². The normalized spacial score (nSPS) is 11.2. The Labute approximate surface area is 133 Å². The largest absolute Gasteiger partial charge is 0.379 e. The van der Waals surface area contributed by atoms with Crippen molar-refractivity contribution in [2.45, 2.75) is 18.7 Å². The Morgan fingerprint density at radius 2 is 1.77 bits per heavy atom. The molecule has 0 radical (unpaired) electrons. The molecule has 0 aliphatic rings. The van der Waals surface area contributed by atoms with Crippen LogP contribution in [0.5, 0.6) is 5.75 Å². The highest BCUT2D eigenvalue weighted by Crippen LogP contribution is 2.25. The van der Waals surface area contributed by atoms with Crippen LogP contribution in [0, 0.1) is 13.8 Å². The van der Waals surface area contributed by atoms with Gasteiger partial charge in [-0.3, -0.25) is 4.79 Å². The van der Waals surface area contributed by atoms with Gasteiger partial charge in [0.1, 0.15) is 10.6 Å². The van der Waals surface area contributed by atoms with Crippen LogP contribution >= 0.6 is 11.6 Å². The summed E-state index contributed by atoms with van der Waals surface area (Å²) in [4.78, 5) is 11.2. The van der Waals surface area contributed by atoms with E-state index in [1.807, 2.05) is 0 Å². The highest BCUT2D eigenvalue weighted by atomic mass is 35.5. The molecule has 0 atom stereocenters. The van der Waals surface area contributed by atoms with Gasteiger partial charge in [0.15, 0.2) is 0 Å². The van der Waals surface area contributed by atoms with Gasteiger partial charge in [0.25, 0.3) is 0 Å². The predicted octanol–water partition coefficient (Wildman–Crippen LogP) is 2.82. The summed E-state index contributed by atoms with van der Waals surface area (Å²) in [5.41, 5.74) is 6.64. The fourth-order valence-electron chi connectivity index (χ4n) is 1.87. The number of rotatable bonds is 4. The van der Waals surface area contributed by atoms with Gasteiger partial charge < -0.3 is 9.92 Å². The minimum absolute atomic E-state index is 0.136. The smallest absolute Gasteiger partial charge is 0.339 e. The van der Waals surface area contributed by atoms with Crippen molar-refractivity contribution < 1.29 is 17.4 Å². The van der Waals surface area contributed by atoms with Crippen LogP contribution in [0.4, 0.5) is 0 Å². The van der Waals surface area contributed by atoms with Crippen LogP contribution in [-0.2, 0) is 10.1 Å².